The lowest BCUT2D eigenvalue weighted by molar-refractivity contribution is 0.110. The number of aromatic nitrogens is 1. The summed E-state index contributed by atoms with van der Waals surface area (Å²) in [5.74, 6) is 1.59. The monoisotopic (exact) mass is 227 g/mol. The van der Waals surface area contributed by atoms with Gasteiger partial charge in [-0.3, -0.25) is 4.79 Å². The van der Waals surface area contributed by atoms with Gasteiger partial charge in [0.2, 0.25) is 0 Å². The van der Waals surface area contributed by atoms with Gasteiger partial charge in [-0.1, -0.05) is 0 Å². The summed E-state index contributed by atoms with van der Waals surface area (Å²) in [4.78, 5) is 14.8. The van der Waals surface area contributed by atoms with Crippen LogP contribution in [0, 0.1) is 6.92 Å². The molecule has 1 aromatic carbocycles. The van der Waals surface area contributed by atoms with Gasteiger partial charge < -0.3 is 8.83 Å². The van der Waals surface area contributed by atoms with E-state index in [1.165, 1.54) is 0 Å². The molecule has 4 nitrogen and oxygen atoms in total. The number of hydrogen-bond acceptors (Lipinski definition) is 4. The molecular weight excluding hydrogens is 218 g/mol. The van der Waals surface area contributed by atoms with Crippen LogP contribution in [0.25, 0.3) is 22.4 Å². The van der Waals surface area contributed by atoms with E-state index >= 15 is 0 Å². The maximum absolute atomic E-state index is 10.5. The van der Waals surface area contributed by atoms with E-state index in [0.717, 1.165) is 16.7 Å². The molecule has 2 heterocycles. The third kappa shape index (κ3) is 1.63. The normalized spacial score (nSPS) is 10.9. The third-order valence-corrected chi connectivity index (χ3v) is 2.52. The molecular formula is C13H9NO3. The lowest BCUT2D eigenvalue weighted by Gasteiger charge is -1.95. The van der Waals surface area contributed by atoms with Crippen LogP contribution in [0.15, 0.2) is 39.2 Å². The zero-order valence-electron chi connectivity index (χ0n) is 9.14. The molecule has 0 fully saturated rings. The standard InChI is InChI=1S/C13H9NO3/c1-8-14-11-6-9(2-4-13(11)16-8)12-5-3-10(7-15)17-12/h2-7H,1H3. The highest BCUT2D eigenvalue weighted by Gasteiger charge is 2.07. The molecule has 2 aromatic heterocycles. The van der Waals surface area contributed by atoms with Crippen LogP contribution in [-0.4, -0.2) is 11.3 Å². The van der Waals surface area contributed by atoms with Crippen molar-refractivity contribution in [3.63, 3.8) is 0 Å². The van der Waals surface area contributed by atoms with Crippen LogP contribution in [0.2, 0.25) is 0 Å². The van der Waals surface area contributed by atoms with E-state index in [4.69, 9.17) is 8.83 Å². The molecule has 0 saturated carbocycles. The van der Waals surface area contributed by atoms with Gasteiger partial charge in [0, 0.05) is 12.5 Å². The highest BCUT2D eigenvalue weighted by molar-refractivity contribution is 5.80. The van der Waals surface area contributed by atoms with Gasteiger partial charge in [-0.25, -0.2) is 4.98 Å². The zero-order valence-corrected chi connectivity index (χ0v) is 9.14. The fourth-order valence-corrected chi connectivity index (χ4v) is 1.77. The van der Waals surface area contributed by atoms with Gasteiger partial charge in [0.05, 0.1) is 0 Å². The second-order valence-electron chi connectivity index (χ2n) is 3.74. The van der Waals surface area contributed by atoms with Gasteiger partial charge in [-0.05, 0) is 30.3 Å². The highest BCUT2D eigenvalue weighted by Crippen LogP contribution is 2.25. The number of rotatable bonds is 2. The van der Waals surface area contributed by atoms with Crippen LogP contribution in [-0.2, 0) is 0 Å². The molecule has 0 unspecified atom stereocenters. The Labute approximate surface area is 96.9 Å². The summed E-state index contributed by atoms with van der Waals surface area (Å²) in [6.45, 7) is 1.80. The molecule has 0 N–H and O–H groups in total. The summed E-state index contributed by atoms with van der Waals surface area (Å²) in [5, 5.41) is 0. The Balaban J connectivity index is 2.13. The zero-order chi connectivity index (χ0) is 11.8. The largest absolute Gasteiger partial charge is 0.453 e. The van der Waals surface area contributed by atoms with Gasteiger partial charge in [0.1, 0.15) is 11.3 Å². The molecule has 0 atom stereocenters. The SMILES string of the molecule is Cc1nc2cc(-c3ccc(C=O)o3)ccc2o1. The minimum atomic E-state index is 0.316. The van der Waals surface area contributed by atoms with Crippen LogP contribution in [0.4, 0.5) is 0 Å². The number of furan rings is 1. The van der Waals surface area contributed by atoms with Gasteiger partial charge in [-0.2, -0.15) is 0 Å². The smallest absolute Gasteiger partial charge is 0.192 e. The summed E-state index contributed by atoms with van der Waals surface area (Å²) in [7, 11) is 0. The van der Waals surface area contributed by atoms with Crippen LogP contribution >= 0.6 is 0 Å². The van der Waals surface area contributed by atoms with E-state index in [1.54, 1.807) is 19.1 Å². The van der Waals surface area contributed by atoms with Crippen molar-refractivity contribution in [1.82, 2.24) is 4.98 Å². The minimum Gasteiger partial charge on any atom is -0.453 e. The van der Waals surface area contributed by atoms with Gasteiger partial charge in [0.15, 0.2) is 23.5 Å². The summed E-state index contributed by atoms with van der Waals surface area (Å²) in [6.07, 6.45) is 0.683. The van der Waals surface area contributed by atoms with Crippen molar-refractivity contribution in [3.05, 3.63) is 42.0 Å². The Morgan fingerprint density at radius 2 is 2.06 bits per heavy atom. The van der Waals surface area contributed by atoms with E-state index in [9.17, 15) is 4.79 Å². The number of nitrogens with zero attached hydrogens (tertiary/aromatic N) is 1. The first-order chi connectivity index (χ1) is 8.26. The molecule has 0 aliphatic rings. The summed E-state index contributed by atoms with van der Waals surface area (Å²) >= 11 is 0. The molecule has 0 radical (unpaired) electrons. The number of aryl methyl sites for hydroxylation is 1. The topological polar surface area (TPSA) is 56.2 Å². The lowest BCUT2D eigenvalue weighted by Crippen LogP contribution is -1.75. The Kier molecular flexibility index (Phi) is 2.08. The Bertz CT molecular complexity index is 694. The van der Waals surface area contributed by atoms with Crippen LogP contribution < -0.4 is 0 Å². The summed E-state index contributed by atoms with van der Waals surface area (Å²) in [5.41, 5.74) is 2.40. The molecule has 0 bridgehead atoms. The molecule has 17 heavy (non-hydrogen) atoms. The average molecular weight is 227 g/mol. The number of fused-ring (bicyclic) bond motifs is 1. The number of aldehydes is 1. The molecule has 0 saturated heterocycles. The van der Waals surface area contributed by atoms with E-state index in [-0.39, 0.29) is 0 Å². The van der Waals surface area contributed by atoms with Crippen LogP contribution in [0.3, 0.4) is 0 Å². The van der Waals surface area contributed by atoms with Gasteiger partial charge >= 0.3 is 0 Å². The fourth-order valence-electron chi connectivity index (χ4n) is 1.77. The van der Waals surface area contributed by atoms with Crippen molar-refractivity contribution < 1.29 is 13.6 Å². The first-order valence-electron chi connectivity index (χ1n) is 5.19. The first-order valence-corrected chi connectivity index (χ1v) is 5.19. The Morgan fingerprint density at radius 3 is 2.82 bits per heavy atom. The maximum Gasteiger partial charge on any atom is 0.192 e. The third-order valence-electron chi connectivity index (χ3n) is 2.52. The predicted molar refractivity (Wildman–Crippen MR) is 61.8 cm³/mol. The van der Waals surface area contributed by atoms with Crippen molar-refractivity contribution in [2.24, 2.45) is 0 Å². The molecule has 3 rings (SSSR count). The number of benzene rings is 1. The van der Waals surface area contributed by atoms with Crippen molar-refractivity contribution >= 4 is 17.4 Å². The number of carbonyl (C=O) groups excluding carboxylic acids is 1. The molecule has 0 aliphatic heterocycles. The highest BCUT2D eigenvalue weighted by atomic mass is 16.4. The molecule has 3 aromatic rings. The molecule has 0 aliphatic carbocycles. The van der Waals surface area contributed by atoms with E-state index in [2.05, 4.69) is 4.98 Å². The second kappa shape index (κ2) is 3.59. The van der Waals surface area contributed by atoms with Crippen molar-refractivity contribution in [1.29, 1.82) is 0 Å². The Hall–Kier alpha value is -2.36. The predicted octanol–water partition coefficient (Wildman–Crippen LogP) is 3.21. The molecule has 0 spiro atoms. The molecule has 0 amide bonds. The van der Waals surface area contributed by atoms with Gasteiger partial charge in [-0.15, -0.1) is 0 Å². The van der Waals surface area contributed by atoms with Crippen LogP contribution in [0.1, 0.15) is 16.4 Å². The van der Waals surface area contributed by atoms with Gasteiger partial charge in [0.25, 0.3) is 0 Å². The van der Waals surface area contributed by atoms with E-state index in [1.807, 2.05) is 18.2 Å². The first kappa shape index (κ1) is 9.84. The van der Waals surface area contributed by atoms with Crippen molar-refractivity contribution in [2.45, 2.75) is 6.92 Å². The van der Waals surface area contributed by atoms with Crippen LogP contribution in [0.5, 0.6) is 0 Å². The average Bonchev–Trinajstić information content (AvgIpc) is 2.92. The number of hydrogen-bond donors (Lipinski definition) is 0. The summed E-state index contributed by atoms with van der Waals surface area (Å²) in [6, 6.07) is 8.99. The van der Waals surface area contributed by atoms with Crippen molar-refractivity contribution in [2.75, 3.05) is 0 Å². The van der Waals surface area contributed by atoms with E-state index in [0.29, 0.717) is 23.7 Å². The summed E-state index contributed by atoms with van der Waals surface area (Å²) < 4.78 is 10.7. The molecule has 4 heteroatoms. The Morgan fingerprint density at radius 1 is 1.18 bits per heavy atom. The number of oxazole rings is 1. The lowest BCUT2D eigenvalue weighted by atomic mass is 10.1. The number of carbonyl (C=O) groups is 1. The molecule has 84 valence electrons. The van der Waals surface area contributed by atoms with Crippen molar-refractivity contribution in [3.8, 4) is 11.3 Å². The minimum absolute atomic E-state index is 0.316. The quantitative estimate of drug-likeness (QED) is 0.631. The maximum atomic E-state index is 10.5. The fraction of sp³-hybridized carbons (Fsp3) is 0.0769. The van der Waals surface area contributed by atoms with E-state index < -0.39 is 0 Å². The second-order valence-corrected chi connectivity index (χ2v) is 3.74.